The van der Waals surface area contributed by atoms with Crippen molar-refractivity contribution in [2.75, 3.05) is 66.4 Å². The molecule has 3 aromatic rings. The summed E-state index contributed by atoms with van der Waals surface area (Å²) in [6, 6.07) is 13.1. The molecule has 6 rings (SSSR count). The standard InChI is InChI=1S/C26H31N7O2/c1-18(34)31-10-12-32(13-11-31)20-8-7-19-4-2-6-23(22(19)14-20)35-15-21-5-3-9-33(21)26-24-25(28-16-27-24)29-17-30-26/h2,4,6-8,14,17,21,27H,3,5,9-13,15-16H2,1H3,(H,28,29,30)/t21-/m1/s1. The largest absolute Gasteiger partial charge is 0.491 e. The molecule has 182 valence electrons. The van der Waals surface area contributed by atoms with Gasteiger partial charge in [-0.25, -0.2) is 9.97 Å². The molecule has 2 saturated heterocycles. The molecular formula is C26H31N7O2. The van der Waals surface area contributed by atoms with E-state index in [1.165, 1.54) is 11.1 Å². The van der Waals surface area contributed by atoms with E-state index in [0.717, 1.165) is 74.0 Å². The SMILES string of the molecule is CC(=O)N1CCN(c2ccc3cccc(OC[C@H]4CCCN4c4ncnc5c4NCN5)c3c2)CC1. The quantitative estimate of drug-likeness (QED) is 0.585. The second kappa shape index (κ2) is 9.13. The Balaban J connectivity index is 1.20. The number of ether oxygens (including phenoxy) is 1. The van der Waals surface area contributed by atoms with E-state index in [9.17, 15) is 4.79 Å². The third-order valence-corrected chi connectivity index (χ3v) is 7.34. The first-order valence-electron chi connectivity index (χ1n) is 12.4. The highest BCUT2D eigenvalue weighted by atomic mass is 16.5. The van der Waals surface area contributed by atoms with E-state index in [1.54, 1.807) is 13.3 Å². The fourth-order valence-electron chi connectivity index (χ4n) is 5.42. The van der Waals surface area contributed by atoms with Gasteiger partial charge in [0.05, 0.1) is 12.7 Å². The Morgan fingerprint density at radius 3 is 2.83 bits per heavy atom. The maximum atomic E-state index is 11.7. The van der Waals surface area contributed by atoms with E-state index in [2.05, 4.69) is 66.8 Å². The highest BCUT2D eigenvalue weighted by molar-refractivity contribution is 5.91. The van der Waals surface area contributed by atoms with Gasteiger partial charge in [-0.15, -0.1) is 0 Å². The topological polar surface area (TPSA) is 85.9 Å². The van der Waals surface area contributed by atoms with Crippen LogP contribution in [0.25, 0.3) is 10.8 Å². The molecule has 0 saturated carbocycles. The lowest BCUT2D eigenvalue weighted by atomic mass is 10.1. The molecule has 2 N–H and O–H groups in total. The van der Waals surface area contributed by atoms with E-state index < -0.39 is 0 Å². The summed E-state index contributed by atoms with van der Waals surface area (Å²) in [5.41, 5.74) is 2.16. The van der Waals surface area contributed by atoms with E-state index in [4.69, 9.17) is 4.74 Å². The van der Waals surface area contributed by atoms with Crippen molar-refractivity contribution in [3.05, 3.63) is 42.7 Å². The number of rotatable bonds is 5. The number of hydrogen-bond acceptors (Lipinski definition) is 8. The summed E-state index contributed by atoms with van der Waals surface area (Å²) in [6.07, 6.45) is 3.82. The lowest BCUT2D eigenvalue weighted by molar-refractivity contribution is -0.129. The number of benzene rings is 2. The van der Waals surface area contributed by atoms with E-state index in [-0.39, 0.29) is 11.9 Å². The zero-order valence-corrected chi connectivity index (χ0v) is 20.0. The van der Waals surface area contributed by atoms with Crippen LogP contribution in [0.3, 0.4) is 0 Å². The number of carbonyl (C=O) groups excluding carboxylic acids is 1. The van der Waals surface area contributed by atoms with E-state index in [0.29, 0.717) is 13.3 Å². The van der Waals surface area contributed by atoms with Gasteiger partial charge in [-0.2, -0.15) is 0 Å². The zero-order valence-electron chi connectivity index (χ0n) is 20.0. The minimum Gasteiger partial charge on any atom is -0.491 e. The summed E-state index contributed by atoms with van der Waals surface area (Å²) in [7, 11) is 0. The van der Waals surface area contributed by atoms with Gasteiger partial charge < -0.3 is 30.1 Å². The Kier molecular flexibility index (Phi) is 5.67. The van der Waals surface area contributed by atoms with Crippen LogP contribution in [0, 0.1) is 0 Å². The molecule has 0 spiro atoms. The molecule has 3 aliphatic heterocycles. The minimum atomic E-state index is 0.152. The first kappa shape index (κ1) is 21.8. The van der Waals surface area contributed by atoms with Crippen molar-refractivity contribution in [1.29, 1.82) is 0 Å². The third-order valence-electron chi connectivity index (χ3n) is 7.34. The molecule has 1 amide bonds. The maximum absolute atomic E-state index is 11.7. The molecule has 2 aromatic carbocycles. The van der Waals surface area contributed by atoms with Gasteiger partial charge in [0.25, 0.3) is 0 Å². The first-order chi connectivity index (χ1) is 17.2. The number of piperazine rings is 1. The molecule has 1 aromatic heterocycles. The monoisotopic (exact) mass is 473 g/mol. The van der Waals surface area contributed by atoms with Crippen molar-refractivity contribution >= 4 is 39.7 Å². The van der Waals surface area contributed by atoms with Crippen molar-refractivity contribution in [3.8, 4) is 5.75 Å². The van der Waals surface area contributed by atoms with Gasteiger partial charge in [-0.1, -0.05) is 18.2 Å². The second-order valence-corrected chi connectivity index (χ2v) is 9.41. The van der Waals surface area contributed by atoms with Gasteiger partial charge in [-0.05, 0) is 36.4 Å². The molecule has 2 fully saturated rings. The molecule has 1 atom stereocenters. The molecular weight excluding hydrogens is 442 g/mol. The average molecular weight is 474 g/mol. The van der Waals surface area contributed by atoms with Crippen LogP contribution in [0.4, 0.5) is 23.0 Å². The molecule has 0 radical (unpaired) electrons. The highest BCUT2D eigenvalue weighted by Gasteiger charge is 2.30. The summed E-state index contributed by atoms with van der Waals surface area (Å²) in [5, 5.41) is 8.91. The number of amides is 1. The number of nitrogens with zero attached hydrogens (tertiary/aromatic N) is 5. The molecule has 35 heavy (non-hydrogen) atoms. The number of anilines is 4. The predicted octanol–water partition coefficient (Wildman–Crippen LogP) is 3.14. The highest BCUT2D eigenvalue weighted by Crippen LogP contribution is 2.37. The summed E-state index contributed by atoms with van der Waals surface area (Å²) in [4.78, 5) is 27.2. The minimum absolute atomic E-state index is 0.152. The van der Waals surface area contributed by atoms with Crippen LogP contribution in [-0.4, -0.2) is 72.8 Å². The van der Waals surface area contributed by atoms with Crippen molar-refractivity contribution in [2.24, 2.45) is 0 Å². The van der Waals surface area contributed by atoms with Gasteiger partial charge in [0.2, 0.25) is 5.91 Å². The average Bonchev–Trinajstić information content (AvgIpc) is 3.56. The Bertz CT molecular complexity index is 1240. The summed E-state index contributed by atoms with van der Waals surface area (Å²) in [5.74, 6) is 2.88. The third kappa shape index (κ3) is 4.15. The Labute approximate surface area is 205 Å². The number of carbonyl (C=O) groups is 1. The molecule has 4 heterocycles. The number of nitrogens with one attached hydrogen (secondary N) is 2. The van der Waals surface area contributed by atoms with Gasteiger partial charge in [-0.3, -0.25) is 4.79 Å². The van der Waals surface area contributed by atoms with E-state index >= 15 is 0 Å². The molecule has 0 bridgehead atoms. The first-order valence-corrected chi connectivity index (χ1v) is 12.4. The van der Waals surface area contributed by atoms with Crippen LogP contribution < -0.4 is 25.2 Å². The molecule has 9 heteroatoms. The van der Waals surface area contributed by atoms with Crippen LogP contribution >= 0.6 is 0 Å². The predicted molar refractivity (Wildman–Crippen MR) is 138 cm³/mol. The van der Waals surface area contributed by atoms with Gasteiger partial charge in [0, 0.05) is 50.7 Å². The fourth-order valence-corrected chi connectivity index (χ4v) is 5.42. The lowest BCUT2D eigenvalue weighted by Crippen LogP contribution is -2.48. The van der Waals surface area contributed by atoms with Crippen LogP contribution in [0.2, 0.25) is 0 Å². The molecule has 0 unspecified atom stereocenters. The lowest BCUT2D eigenvalue weighted by Gasteiger charge is -2.35. The van der Waals surface area contributed by atoms with Crippen LogP contribution in [0.1, 0.15) is 19.8 Å². The van der Waals surface area contributed by atoms with Gasteiger partial charge in [0.15, 0.2) is 11.6 Å². The summed E-state index contributed by atoms with van der Waals surface area (Å²) >= 11 is 0. The molecule has 3 aliphatic rings. The Morgan fingerprint density at radius 2 is 1.97 bits per heavy atom. The van der Waals surface area contributed by atoms with Crippen LogP contribution in [0.5, 0.6) is 5.75 Å². The zero-order chi connectivity index (χ0) is 23.8. The molecule has 0 aliphatic carbocycles. The van der Waals surface area contributed by atoms with Crippen molar-refractivity contribution in [3.63, 3.8) is 0 Å². The summed E-state index contributed by atoms with van der Waals surface area (Å²) in [6.45, 7) is 7.11. The van der Waals surface area contributed by atoms with Crippen molar-refractivity contribution in [2.45, 2.75) is 25.8 Å². The van der Waals surface area contributed by atoms with E-state index in [1.807, 2.05) is 4.90 Å². The van der Waals surface area contributed by atoms with Gasteiger partial charge >= 0.3 is 0 Å². The second-order valence-electron chi connectivity index (χ2n) is 9.41. The summed E-state index contributed by atoms with van der Waals surface area (Å²) < 4.78 is 6.47. The molecule has 9 nitrogen and oxygen atoms in total. The number of fused-ring (bicyclic) bond motifs is 2. The van der Waals surface area contributed by atoms with Gasteiger partial charge in [0.1, 0.15) is 24.4 Å². The number of aromatic nitrogens is 2. The Morgan fingerprint density at radius 1 is 1.09 bits per heavy atom. The normalized spacial score (nSPS) is 19.5. The fraction of sp³-hybridized carbons (Fsp3) is 0.423. The smallest absolute Gasteiger partial charge is 0.219 e. The van der Waals surface area contributed by atoms with Crippen LogP contribution in [0.15, 0.2) is 42.7 Å². The van der Waals surface area contributed by atoms with Crippen molar-refractivity contribution < 1.29 is 9.53 Å². The Hall–Kier alpha value is -3.75. The number of hydrogen-bond donors (Lipinski definition) is 2. The van der Waals surface area contributed by atoms with Crippen molar-refractivity contribution in [1.82, 2.24) is 14.9 Å². The maximum Gasteiger partial charge on any atom is 0.219 e. The van der Waals surface area contributed by atoms with Crippen LogP contribution in [-0.2, 0) is 4.79 Å².